The van der Waals surface area contributed by atoms with Gasteiger partial charge in [-0.15, -0.1) is 0 Å². The number of carbonyl (C=O) groups excluding carboxylic acids is 2. The lowest BCUT2D eigenvalue weighted by Gasteiger charge is -2.10. The fourth-order valence-corrected chi connectivity index (χ4v) is 1.68. The van der Waals surface area contributed by atoms with Gasteiger partial charge in [-0.25, -0.2) is 0 Å². The molecule has 5 heteroatoms. The fraction of sp³-hybridized carbons (Fsp3) is 0.467. The molecule has 0 saturated heterocycles. The van der Waals surface area contributed by atoms with Gasteiger partial charge in [0.05, 0.1) is 0 Å². The minimum Gasteiger partial charge on any atom is -0.399 e. The standard InChI is InChI=1S/C15H23N3O2/c1-10(2)9-18-14(19)6-7-17-15(20)13-8-12(16)5-4-11(13)3/h4-5,8,10H,6-7,9,16H2,1-3H3,(H,17,20)(H,18,19). The molecule has 1 rings (SSSR count). The van der Waals surface area contributed by atoms with Gasteiger partial charge in [-0.3, -0.25) is 9.59 Å². The normalized spacial score (nSPS) is 10.4. The van der Waals surface area contributed by atoms with E-state index < -0.39 is 0 Å². The number of hydrogen-bond donors (Lipinski definition) is 3. The molecule has 0 heterocycles. The van der Waals surface area contributed by atoms with E-state index in [2.05, 4.69) is 10.6 Å². The molecule has 0 spiro atoms. The zero-order chi connectivity index (χ0) is 15.1. The van der Waals surface area contributed by atoms with Crippen LogP contribution in [-0.4, -0.2) is 24.9 Å². The average Bonchev–Trinajstić information content (AvgIpc) is 2.39. The lowest BCUT2D eigenvalue weighted by atomic mass is 10.1. The Morgan fingerprint density at radius 3 is 2.60 bits per heavy atom. The van der Waals surface area contributed by atoms with E-state index in [4.69, 9.17) is 5.73 Å². The summed E-state index contributed by atoms with van der Waals surface area (Å²) in [5.74, 6) is 0.165. The van der Waals surface area contributed by atoms with Crippen molar-refractivity contribution in [1.82, 2.24) is 10.6 Å². The SMILES string of the molecule is Cc1ccc(N)cc1C(=O)NCCC(=O)NCC(C)C. The molecule has 20 heavy (non-hydrogen) atoms. The molecule has 1 aromatic carbocycles. The second-order valence-corrected chi connectivity index (χ2v) is 5.28. The molecule has 1 aromatic rings. The van der Waals surface area contributed by atoms with Crippen molar-refractivity contribution in [2.45, 2.75) is 27.2 Å². The average molecular weight is 277 g/mol. The summed E-state index contributed by atoms with van der Waals surface area (Å²) in [6.07, 6.45) is 0.278. The van der Waals surface area contributed by atoms with Crippen LogP contribution in [0.5, 0.6) is 0 Å². The van der Waals surface area contributed by atoms with Crippen molar-refractivity contribution >= 4 is 17.5 Å². The summed E-state index contributed by atoms with van der Waals surface area (Å²) in [6.45, 7) is 6.89. The smallest absolute Gasteiger partial charge is 0.251 e. The van der Waals surface area contributed by atoms with E-state index in [0.29, 0.717) is 30.3 Å². The van der Waals surface area contributed by atoms with Crippen LogP contribution in [0.3, 0.4) is 0 Å². The minimum atomic E-state index is -0.202. The van der Waals surface area contributed by atoms with Crippen LogP contribution in [0.1, 0.15) is 36.2 Å². The van der Waals surface area contributed by atoms with E-state index in [-0.39, 0.29) is 18.2 Å². The third-order valence-electron chi connectivity index (χ3n) is 2.85. The highest BCUT2D eigenvalue weighted by molar-refractivity contribution is 5.96. The van der Waals surface area contributed by atoms with Gasteiger partial charge < -0.3 is 16.4 Å². The van der Waals surface area contributed by atoms with Gasteiger partial charge in [-0.1, -0.05) is 19.9 Å². The Bertz CT molecular complexity index is 484. The lowest BCUT2D eigenvalue weighted by molar-refractivity contribution is -0.121. The summed E-state index contributed by atoms with van der Waals surface area (Å²) < 4.78 is 0. The molecule has 0 aromatic heterocycles. The summed E-state index contributed by atoms with van der Waals surface area (Å²) >= 11 is 0. The van der Waals surface area contributed by atoms with Gasteiger partial charge in [0, 0.05) is 30.8 Å². The van der Waals surface area contributed by atoms with Crippen LogP contribution in [0.2, 0.25) is 0 Å². The van der Waals surface area contributed by atoms with Crippen molar-refractivity contribution in [3.63, 3.8) is 0 Å². The molecule has 0 unspecified atom stereocenters. The van der Waals surface area contributed by atoms with Crippen LogP contribution >= 0.6 is 0 Å². The van der Waals surface area contributed by atoms with Crippen molar-refractivity contribution in [3.8, 4) is 0 Å². The van der Waals surface area contributed by atoms with Crippen LogP contribution in [0.25, 0.3) is 0 Å². The Balaban J connectivity index is 2.40. The fourth-order valence-electron chi connectivity index (χ4n) is 1.68. The molecule has 0 atom stereocenters. The number of aryl methyl sites for hydroxylation is 1. The van der Waals surface area contributed by atoms with Crippen molar-refractivity contribution in [2.75, 3.05) is 18.8 Å². The number of nitrogens with two attached hydrogens (primary N) is 1. The molecule has 0 aliphatic rings. The zero-order valence-electron chi connectivity index (χ0n) is 12.3. The van der Waals surface area contributed by atoms with Crippen LogP contribution < -0.4 is 16.4 Å². The Labute approximate surface area is 119 Å². The molecule has 5 nitrogen and oxygen atoms in total. The molecule has 0 fully saturated rings. The topological polar surface area (TPSA) is 84.2 Å². The molecule has 4 N–H and O–H groups in total. The van der Waals surface area contributed by atoms with Crippen molar-refractivity contribution in [3.05, 3.63) is 29.3 Å². The van der Waals surface area contributed by atoms with Crippen LogP contribution in [0.15, 0.2) is 18.2 Å². The summed E-state index contributed by atoms with van der Waals surface area (Å²) in [4.78, 5) is 23.5. The highest BCUT2D eigenvalue weighted by Gasteiger charge is 2.09. The van der Waals surface area contributed by atoms with Crippen LogP contribution in [0.4, 0.5) is 5.69 Å². The zero-order valence-corrected chi connectivity index (χ0v) is 12.3. The molecular formula is C15H23N3O2. The summed E-state index contributed by atoms with van der Waals surface area (Å²) in [5.41, 5.74) is 7.63. The van der Waals surface area contributed by atoms with Gasteiger partial charge in [0.25, 0.3) is 5.91 Å². The van der Waals surface area contributed by atoms with Crippen LogP contribution in [0, 0.1) is 12.8 Å². The maximum absolute atomic E-state index is 12.0. The van der Waals surface area contributed by atoms with E-state index in [1.54, 1.807) is 18.2 Å². The molecule has 0 bridgehead atoms. The predicted octanol–water partition coefficient (Wildman–Crippen LogP) is 1.47. The van der Waals surface area contributed by atoms with E-state index in [0.717, 1.165) is 5.56 Å². The summed E-state index contributed by atoms with van der Waals surface area (Å²) in [6, 6.07) is 5.20. The Kier molecular flexibility index (Phi) is 6.03. The van der Waals surface area contributed by atoms with Crippen LogP contribution in [-0.2, 0) is 4.79 Å². The third-order valence-corrected chi connectivity index (χ3v) is 2.85. The number of nitrogen functional groups attached to an aromatic ring is 1. The molecule has 0 saturated carbocycles. The largest absolute Gasteiger partial charge is 0.399 e. The molecule has 0 radical (unpaired) electrons. The summed E-state index contributed by atoms with van der Waals surface area (Å²) in [5, 5.41) is 5.54. The maximum Gasteiger partial charge on any atom is 0.251 e. The molecule has 0 aliphatic heterocycles. The lowest BCUT2D eigenvalue weighted by Crippen LogP contribution is -2.32. The molecule has 110 valence electrons. The first-order valence-electron chi connectivity index (χ1n) is 6.81. The van der Waals surface area contributed by atoms with Gasteiger partial charge in [0.2, 0.25) is 5.91 Å². The van der Waals surface area contributed by atoms with Crippen molar-refractivity contribution in [2.24, 2.45) is 5.92 Å². The molecule has 0 aliphatic carbocycles. The van der Waals surface area contributed by atoms with Gasteiger partial charge in [0.15, 0.2) is 0 Å². The van der Waals surface area contributed by atoms with Gasteiger partial charge in [-0.2, -0.15) is 0 Å². The van der Waals surface area contributed by atoms with Crippen molar-refractivity contribution < 1.29 is 9.59 Å². The number of nitrogens with one attached hydrogen (secondary N) is 2. The number of anilines is 1. The van der Waals surface area contributed by atoms with Gasteiger partial charge in [0.1, 0.15) is 0 Å². The number of rotatable bonds is 6. The number of benzene rings is 1. The predicted molar refractivity (Wildman–Crippen MR) is 80.4 cm³/mol. The number of amides is 2. The van der Waals surface area contributed by atoms with Crippen molar-refractivity contribution in [1.29, 1.82) is 0 Å². The first kappa shape index (κ1) is 16.0. The Morgan fingerprint density at radius 2 is 1.95 bits per heavy atom. The second kappa shape index (κ2) is 7.53. The third kappa shape index (κ3) is 5.30. The highest BCUT2D eigenvalue weighted by Crippen LogP contribution is 2.12. The van der Waals surface area contributed by atoms with E-state index >= 15 is 0 Å². The monoisotopic (exact) mass is 277 g/mol. The minimum absolute atomic E-state index is 0.0525. The van der Waals surface area contributed by atoms with E-state index in [1.165, 1.54) is 0 Å². The summed E-state index contributed by atoms with van der Waals surface area (Å²) in [7, 11) is 0. The van der Waals surface area contributed by atoms with Gasteiger partial charge >= 0.3 is 0 Å². The second-order valence-electron chi connectivity index (χ2n) is 5.28. The number of hydrogen-bond acceptors (Lipinski definition) is 3. The quantitative estimate of drug-likeness (QED) is 0.688. The number of carbonyl (C=O) groups is 2. The van der Waals surface area contributed by atoms with E-state index in [1.807, 2.05) is 20.8 Å². The first-order valence-corrected chi connectivity index (χ1v) is 6.81. The van der Waals surface area contributed by atoms with E-state index in [9.17, 15) is 9.59 Å². The first-order chi connectivity index (χ1) is 9.40. The Hall–Kier alpha value is -2.04. The highest BCUT2D eigenvalue weighted by atomic mass is 16.2. The molecular weight excluding hydrogens is 254 g/mol. The van der Waals surface area contributed by atoms with Gasteiger partial charge in [-0.05, 0) is 30.5 Å². The maximum atomic E-state index is 12.0. The Morgan fingerprint density at radius 1 is 1.25 bits per heavy atom. The molecule has 2 amide bonds.